The molecular weight excluding hydrogens is 260 g/mol. The molecule has 0 spiro atoms. The van der Waals surface area contributed by atoms with E-state index in [-0.39, 0.29) is 0 Å². The van der Waals surface area contributed by atoms with Gasteiger partial charge in [0.25, 0.3) is 0 Å². The molecule has 2 fully saturated rings. The van der Waals surface area contributed by atoms with Gasteiger partial charge in [-0.2, -0.15) is 0 Å². The SMILES string of the molecule is CCNCC1(CN(C)CC2CCCOC2)CCCCCC1. The first-order valence-corrected chi connectivity index (χ1v) is 9.21. The minimum Gasteiger partial charge on any atom is -0.381 e. The summed E-state index contributed by atoms with van der Waals surface area (Å²) in [5.74, 6) is 0.755. The molecule has 1 heterocycles. The number of ether oxygens (including phenoxy) is 1. The standard InChI is InChI=1S/C18H36N2O/c1-3-19-15-18(10-6-4-5-7-11-18)16-20(2)13-17-9-8-12-21-14-17/h17,19H,3-16H2,1-2H3. The van der Waals surface area contributed by atoms with Crippen molar-refractivity contribution in [3.63, 3.8) is 0 Å². The van der Waals surface area contributed by atoms with Crippen molar-refractivity contribution in [2.45, 2.75) is 58.3 Å². The normalized spacial score (nSPS) is 26.7. The zero-order chi connectivity index (χ0) is 15.0. The van der Waals surface area contributed by atoms with Gasteiger partial charge in [-0.05, 0) is 50.6 Å². The van der Waals surface area contributed by atoms with E-state index in [1.807, 2.05) is 0 Å². The highest BCUT2D eigenvalue weighted by Crippen LogP contribution is 2.35. The van der Waals surface area contributed by atoms with Crippen molar-refractivity contribution >= 4 is 0 Å². The van der Waals surface area contributed by atoms with Crippen LogP contribution < -0.4 is 5.32 Å². The molecule has 3 heteroatoms. The smallest absolute Gasteiger partial charge is 0.0506 e. The summed E-state index contributed by atoms with van der Waals surface area (Å²) in [6.45, 7) is 8.96. The average molecular weight is 296 g/mol. The van der Waals surface area contributed by atoms with E-state index >= 15 is 0 Å². The molecular formula is C18H36N2O. The molecule has 0 aromatic carbocycles. The lowest BCUT2D eigenvalue weighted by molar-refractivity contribution is 0.0338. The summed E-state index contributed by atoms with van der Waals surface area (Å²) in [5.41, 5.74) is 0.511. The molecule has 0 aromatic heterocycles. The Kier molecular flexibility index (Phi) is 7.48. The van der Waals surface area contributed by atoms with Gasteiger partial charge in [0, 0.05) is 26.2 Å². The maximum absolute atomic E-state index is 5.64. The maximum atomic E-state index is 5.64. The van der Waals surface area contributed by atoms with E-state index in [4.69, 9.17) is 4.74 Å². The van der Waals surface area contributed by atoms with Crippen molar-refractivity contribution in [3.8, 4) is 0 Å². The van der Waals surface area contributed by atoms with Gasteiger partial charge >= 0.3 is 0 Å². The lowest BCUT2D eigenvalue weighted by Crippen LogP contribution is -2.44. The number of nitrogens with one attached hydrogen (secondary N) is 1. The predicted molar refractivity (Wildman–Crippen MR) is 89.7 cm³/mol. The fraction of sp³-hybridized carbons (Fsp3) is 1.00. The molecule has 2 aliphatic rings. The Balaban J connectivity index is 1.86. The van der Waals surface area contributed by atoms with E-state index in [1.165, 1.54) is 71.0 Å². The van der Waals surface area contributed by atoms with Crippen LogP contribution in [0.15, 0.2) is 0 Å². The molecule has 124 valence electrons. The summed E-state index contributed by atoms with van der Waals surface area (Å²) >= 11 is 0. The molecule has 1 unspecified atom stereocenters. The van der Waals surface area contributed by atoms with Gasteiger partial charge in [-0.3, -0.25) is 0 Å². The van der Waals surface area contributed by atoms with Crippen LogP contribution in [0.1, 0.15) is 58.3 Å². The van der Waals surface area contributed by atoms with Crippen LogP contribution >= 0.6 is 0 Å². The van der Waals surface area contributed by atoms with Crippen molar-refractivity contribution in [2.75, 3.05) is 46.4 Å². The van der Waals surface area contributed by atoms with E-state index in [2.05, 4.69) is 24.2 Å². The van der Waals surface area contributed by atoms with Gasteiger partial charge in [-0.1, -0.05) is 32.6 Å². The van der Waals surface area contributed by atoms with Crippen LogP contribution in [0, 0.1) is 11.3 Å². The summed E-state index contributed by atoms with van der Waals surface area (Å²) in [4.78, 5) is 2.60. The second-order valence-electron chi connectivity index (χ2n) is 7.47. The van der Waals surface area contributed by atoms with Crippen LogP contribution in [-0.4, -0.2) is 51.3 Å². The lowest BCUT2D eigenvalue weighted by Gasteiger charge is -2.38. The highest BCUT2D eigenvalue weighted by molar-refractivity contribution is 4.87. The van der Waals surface area contributed by atoms with Gasteiger partial charge in [0.2, 0.25) is 0 Å². The van der Waals surface area contributed by atoms with E-state index in [0.29, 0.717) is 5.41 Å². The van der Waals surface area contributed by atoms with Crippen molar-refractivity contribution in [1.82, 2.24) is 10.2 Å². The molecule has 0 aromatic rings. The van der Waals surface area contributed by atoms with Crippen LogP contribution in [0.5, 0.6) is 0 Å². The highest BCUT2D eigenvalue weighted by atomic mass is 16.5. The number of nitrogens with zero attached hydrogens (tertiary/aromatic N) is 1. The maximum Gasteiger partial charge on any atom is 0.0506 e. The molecule has 0 bridgehead atoms. The van der Waals surface area contributed by atoms with Gasteiger partial charge in [-0.15, -0.1) is 0 Å². The van der Waals surface area contributed by atoms with Crippen molar-refractivity contribution in [1.29, 1.82) is 0 Å². The molecule has 1 saturated carbocycles. The van der Waals surface area contributed by atoms with E-state index < -0.39 is 0 Å². The minimum atomic E-state index is 0.511. The van der Waals surface area contributed by atoms with Crippen LogP contribution in [0.3, 0.4) is 0 Å². The van der Waals surface area contributed by atoms with Crippen LogP contribution in [0.2, 0.25) is 0 Å². The lowest BCUT2D eigenvalue weighted by atomic mass is 9.79. The minimum absolute atomic E-state index is 0.511. The van der Waals surface area contributed by atoms with Gasteiger partial charge in [0.05, 0.1) is 6.61 Å². The third-order valence-electron chi connectivity index (χ3n) is 5.34. The fourth-order valence-corrected chi connectivity index (χ4v) is 4.29. The molecule has 0 radical (unpaired) electrons. The Hall–Kier alpha value is -0.120. The van der Waals surface area contributed by atoms with Gasteiger partial charge in [-0.25, -0.2) is 0 Å². The number of hydrogen-bond donors (Lipinski definition) is 1. The molecule has 3 nitrogen and oxygen atoms in total. The number of hydrogen-bond acceptors (Lipinski definition) is 3. The Morgan fingerprint density at radius 2 is 1.90 bits per heavy atom. The average Bonchev–Trinajstić information content (AvgIpc) is 2.72. The van der Waals surface area contributed by atoms with Gasteiger partial charge < -0.3 is 15.0 Å². The first-order chi connectivity index (χ1) is 10.2. The second-order valence-corrected chi connectivity index (χ2v) is 7.47. The first kappa shape index (κ1) is 17.2. The Morgan fingerprint density at radius 1 is 1.14 bits per heavy atom. The first-order valence-electron chi connectivity index (χ1n) is 9.21. The third kappa shape index (κ3) is 5.88. The summed E-state index contributed by atoms with van der Waals surface area (Å²) < 4.78 is 5.64. The highest BCUT2D eigenvalue weighted by Gasteiger charge is 2.32. The van der Waals surface area contributed by atoms with Crippen molar-refractivity contribution < 1.29 is 4.74 Å². The molecule has 1 N–H and O–H groups in total. The topological polar surface area (TPSA) is 24.5 Å². The number of rotatable bonds is 7. The zero-order valence-electron chi connectivity index (χ0n) is 14.3. The molecule has 2 rings (SSSR count). The quantitative estimate of drug-likeness (QED) is 0.730. The van der Waals surface area contributed by atoms with Crippen LogP contribution in [0.25, 0.3) is 0 Å². The fourth-order valence-electron chi connectivity index (χ4n) is 4.29. The van der Waals surface area contributed by atoms with Gasteiger partial charge in [0.1, 0.15) is 0 Å². The zero-order valence-corrected chi connectivity index (χ0v) is 14.3. The molecule has 1 saturated heterocycles. The third-order valence-corrected chi connectivity index (χ3v) is 5.34. The van der Waals surface area contributed by atoms with Crippen molar-refractivity contribution in [3.05, 3.63) is 0 Å². The van der Waals surface area contributed by atoms with Gasteiger partial charge in [0.15, 0.2) is 0 Å². The van der Waals surface area contributed by atoms with E-state index in [1.54, 1.807) is 0 Å². The molecule has 1 aliphatic heterocycles. The summed E-state index contributed by atoms with van der Waals surface area (Å²) in [7, 11) is 2.33. The molecule has 1 aliphatic carbocycles. The van der Waals surface area contributed by atoms with Crippen LogP contribution in [0.4, 0.5) is 0 Å². The Bertz CT molecular complexity index is 268. The predicted octanol–water partition coefficient (Wildman–Crippen LogP) is 3.29. The van der Waals surface area contributed by atoms with Crippen molar-refractivity contribution in [2.24, 2.45) is 11.3 Å². The summed E-state index contributed by atoms with van der Waals surface area (Å²) in [6, 6.07) is 0. The second kappa shape index (κ2) is 9.12. The van der Waals surface area contributed by atoms with E-state index in [0.717, 1.165) is 25.7 Å². The summed E-state index contributed by atoms with van der Waals surface area (Å²) in [6.07, 6.45) is 11.1. The molecule has 21 heavy (non-hydrogen) atoms. The summed E-state index contributed by atoms with van der Waals surface area (Å²) in [5, 5.41) is 3.64. The monoisotopic (exact) mass is 296 g/mol. The Labute approximate surface area is 131 Å². The molecule has 0 amide bonds. The molecule has 1 atom stereocenters. The van der Waals surface area contributed by atoms with Crippen LogP contribution in [-0.2, 0) is 4.74 Å². The largest absolute Gasteiger partial charge is 0.381 e. The van der Waals surface area contributed by atoms with E-state index in [9.17, 15) is 0 Å². The Morgan fingerprint density at radius 3 is 2.52 bits per heavy atom.